The Bertz CT molecular complexity index is 217. The van der Waals surface area contributed by atoms with Crippen molar-refractivity contribution in [3.8, 4) is 0 Å². The number of piperidine rings is 1. The highest BCUT2D eigenvalue weighted by molar-refractivity contribution is 5.82. The lowest BCUT2D eigenvalue weighted by atomic mass is 9.90. The van der Waals surface area contributed by atoms with Crippen molar-refractivity contribution >= 4 is 5.91 Å². The van der Waals surface area contributed by atoms with E-state index in [2.05, 4.69) is 17.6 Å². The van der Waals surface area contributed by atoms with E-state index in [0.29, 0.717) is 5.92 Å². The molecule has 1 aliphatic rings. The Labute approximate surface area is 97.8 Å². The minimum atomic E-state index is -0.101. The molecule has 1 saturated heterocycles. The van der Waals surface area contributed by atoms with Gasteiger partial charge in [-0.3, -0.25) is 4.79 Å². The summed E-state index contributed by atoms with van der Waals surface area (Å²) in [6, 6.07) is -0.171. The molecule has 94 valence electrons. The van der Waals surface area contributed by atoms with Gasteiger partial charge in [0, 0.05) is 0 Å². The molecule has 16 heavy (non-hydrogen) atoms. The van der Waals surface area contributed by atoms with E-state index in [-0.39, 0.29) is 24.6 Å². The highest BCUT2D eigenvalue weighted by atomic mass is 16.3. The van der Waals surface area contributed by atoms with Crippen LogP contribution in [0, 0.1) is 5.92 Å². The maximum atomic E-state index is 11.9. The molecule has 0 radical (unpaired) electrons. The predicted octanol–water partition coefficient (Wildman–Crippen LogP) is 0.652. The molecule has 1 aliphatic heterocycles. The molecule has 0 aromatic rings. The van der Waals surface area contributed by atoms with E-state index < -0.39 is 0 Å². The van der Waals surface area contributed by atoms with E-state index in [9.17, 15) is 4.79 Å². The number of rotatable bonds is 5. The first-order valence-electron chi connectivity index (χ1n) is 6.35. The van der Waals surface area contributed by atoms with Gasteiger partial charge in [-0.05, 0) is 31.7 Å². The van der Waals surface area contributed by atoms with E-state index in [1.54, 1.807) is 0 Å². The van der Waals surface area contributed by atoms with E-state index in [4.69, 9.17) is 5.11 Å². The third-order valence-corrected chi connectivity index (χ3v) is 3.47. The normalized spacial score (nSPS) is 27.4. The molecule has 0 spiro atoms. The first-order chi connectivity index (χ1) is 7.71. The van der Waals surface area contributed by atoms with Crippen molar-refractivity contribution in [3.05, 3.63) is 0 Å². The molecular weight excluding hydrogens is 204 g/mol. The van der Waals surface area contributed by atoms with Crippen molar-refractivity contribution in [3.63, 3.8) is 0 Å². The molecule has 1 fully saturated rings. The van der Waals surface area contributed by atoms with Crippen molar-refractivity contribution in [2.75, 3.05) is 13.2 Å². The number of carbonyl (C=O) groups is 1. The summed E-state index contributed by atoms with van der Waals surface area (Å²) in [5.74, 6) is 0.699. The number of aliphatic hydroxyl groups is 1. The standard InChI is InChI=1S/C12H24N2O2/c1-3-9-5-6-13-11(7-9)12(16)14-10(4-2)8-15/h9-11,13,15H,3-8H2,1-2H3,(H,14,16). The SMILES string of the molecule is CCC1CCNC(C(=O)NC(CC)CO)C1. The number of amides is 1. The smallest absolute Gasteiger partial charge is 0.237 e. The summed E-state index contributed by atoms with van der Waals surface area (Å²) in [5, 5.41) is 15.2. The minimum absolute atomic E-state index is 0.0200. The number of carbonyl (C=O) groups excluding carboxylic acids is 1. The highest BCUT2D eigenvalue weighted by Crippen LogP contribution is 2.19. The van der Waals surface area contributed by atoms with Crippen molar-refractivity contribution < 1.29 is 9.90 Å². The zero-order valence-electron chi connectivity index (χ0n) is 10.3. The number of hydrogen-bond donors (Lipinski definition) is 3. The first kappa shape index (κ1) is 13.5. The Morgan fingerprint density at radius 3 is 2.88 bits per heavy atom. The summed E-state index contributed by atoms with van der Waals surface area (Å²) in [7, 11) is 0. The van der Waals surface area contributed by atoms with Gasteiger partial charge in [0.2, 0.25) is 5.91 Å². The Morgan fingerprint density at radius 1 is 1.56 bits per heavy atom. The number of hydrogen-bond acceptors (Lipinski definition) is 3. The summed E-state index contributed by atoms with van der Waals surface area (Å²) in [6.07, 6.45) is 4.00. The molecule has 3 atom stereocenters. The molecular formula is C12H24N2O2. The molecule has 0 saturated carbocycles. The van der Waals surface area contributed by atoms with Gasteiger partial charge in [0.1, 0.15) is 0 Å². The van der Waals surface area contributed by atoms with Crippen molar-refractivity contribution in [2.24, 2.45) is 5.92 Å². The third-order valence-electron chi connectivity index (χ3n) is 3.47. The second-order valence-electron chi connectivity index (χ2n) is 4.60. The molecule has 3 N–H and O–H groups in total. The lowest BCUT2D eigenvalue weighted by Crippen LogP contribution is -2.51. The third kappa shape index (κ3) is 3.76. The summed E-state index contributed by atoms with van der Waals surface area (Å²) in [6.45, 7) is 5.08. The topological polar surface area (TPSA) is 61.4 Å². The van der Waals surface area contributed by atoms with Crippen LogP contribution in [0.4, 0.5) is 0 Å². The molecule has 1 heterocycles. The van der Waals surface area contributed by atoms with Gasteiger partial charge >= 0.3 is 0 Å². The van der Waals surface area contributed by atoms with Gasteiger partial charge < -0.3 is 15.7 Å². The Balaban J connectivity index is 2.40. The summed E-state index contributed by atoms with van der Waals surface area (Å²) < 4.78 is 0. The van der Waals surface area contributed by atoms with Gasteiger partial charge in [0.25, 0.3) is 0 Å². The summed E-state index contributed by atoms with van der Waals surface area (Å²) in [4.78, 5) is 11.9. The van der Waals surface area contributed by atoms with E-state index in [0.717, 1.165) is 32.2 Å². The zero-order chi connectivity index (χ0) is 12.0. The second-order valence-corrected chi connectivity index (χ2v) is 4.60. The van der Waals surface area contributed by atoms with Gasteiger partial charge in [0.15, 0.2) is 0 Å². The van der Waals surface area contributed by atoms with Crippen LogP contribution in [0.5, 0.6) is 0 Å². The molecule has 0 aliphatic carbocycles. The zero-order valence-corrected chi connectivity index (χ0v) is 10.3. The van der Waals surface area contributed by atoms with Crippen LogP contribution in [0.2, 0.25) is 0 Å². The predicted molar refractivity (Wildman–Crippen MR) is 64.1 cm³/mol. The lowest BCUT2D eigenvalue weighted by Gasteiger charge is -2.29. The van der Waals surface area contributed by atoms with E-state index in [1.807, 2.05) is 6.92 Å². The molecule has 0 aromatic heterocycles. The lowest BCUT2D eigenvalue weighted by molar-refractivity contribution is -0.125. The van der Waals surface area contributed by atoms with E-state index in [1.165, 1.54) is 0 Å². The Kier molecular flexibility index (Phi) is 5.77. The molecule has 3 unspecified atom stereocenters. The summed E-state index contributed by atoms with van der Waals surface area (Å²) in [5.41, 5.74) is 0. The maximum Gasteiger partial charge on any atom is 0.237 e. The van der Waals surface area contributed by atoms with Gasteiger partial charge in [-0.2, -0.15) is 0 Å². The van der Waals surface area contributed by atoms with Crippen LogP contribution in [0.3, 0.4) is 0 Å². The second kappa shape index (κ2) is 6.86. The molecule has 0 aromatic carbocycles. The van der Waals surface area contributed by atoms with Crippen molar-refractivity contribution in [1.29, 1.82) is 0 Å². The number of nitrogens with one attached hydrogen (secondary N) is 2. The first-order valence-corrected chi connectivity index (χ1v) is 6.35. The Morgan fingerprint density at radius 2 is 2.31 bits per heavy atom. The van der Waals surface area contributed by atoms with Crippen LogP contribution < -0.4 is 10.6 Å². The largest absolute Gasteiger partial charge is 0.394 e. The summed E-state index contributed by atoms with van der Waals surface area (Å²) >= 11 is 0. The van der Waals surface area contributed by atoms with Crippen LogP contribution in [-0.4, -0.2) is 36.2 Å². The minimum Gasteiger partial charge on any atom is -0.394 e. The molecule has 4 nitrogen and oxygen atoms in total. The molecule has 1 amide bonds. The molecule has 4 heteroatoms. The maximum absolute atomic E-state index is 11.9. The fourth-order valence-electron chi connectivity index (χ4n) is 2.15. The molecule has 0 bridgehead atoms. The van der Waals surface area contributed by atoms with Crippen LogP contribution in [0.15, 0.2) is 0 Å². The Hall–Kier alpha value is -0.610. The van der Waals surface area contributed by atoms with Gasteiger partial charge in [-0.1, -0.05) is 20.3 Å². The number of aliphatic hydroxyl groups excluding tert-OH is 1. The van der Waals surface area contributed by atoms with Crippen LogP contribution >= 0.6 is 0 Å². The average molecular weight is 228 g/mol. The van der Waals surface area contributed by atoms with Gasteiger partial charge in [-0.15, -0.1) is 0 Å². The van der Waals surface area contributed by atoms with Crippen LogP contribution in [-0.2, 0) is 4.79 Å². The quantitative estimate of drug-likeness (QED) is 0.647. The fourth-order valence-corrected chi connectivity index (χ4v) is 2.15. The monoisotopic (exact) mass is 228 g/mol. The highest BCUT2D eigenvalue weighted by Gasteiger charge is 2.26. The van der Waals surface area contributed by atoms with Crippen LogP contribution in [0.1, 0.15) is 39.5 Å². The molecule has 1 rings (SSSR count). The van der Waals surface area contributed by atoms with E-state index >= 15 is 0 Å². The van der Waals surface area contributed by atoms with Crippen molar-refractivity contribution in [2.45, 2.75) is 51.6 Å². The van der Waals surface area contributed by atoms with Crippen molar-refractivity contribution in [1.82, 2.24) is 10.6 Å². The van der Waals surface area contributed by atoms with Crippen LogP contribution in [0.25, 0.3) is 0 Å². The average Bonchev–Trinajstić information content (AvgIpc) is 2.35. The fraction of sp³-hybridized carbons (Fsp3) is 0.917. The van der Waals surface area contributed by atoms with Gasteiger partial charge in [0.05, 0.1) is 18.7 Å². The van der Waals surface area contributed by atoms with Gasteiger partial charge in [-0.25, -0.2) is 0 Å².